The van der Waals surface area contributed by atoms with Crippen LogP contribution in [0.2, 0.25) is 0 Å². The molecule has 2 aromatic carbocycles. The Labute approximate surface area is 193 Å². The summed E-state index contributed by atoms with van der Waals surface area (Å²) in [5.41, 5.74) is 3.32. The molecule has 1 aliphatic carbocycles. The second kappa shape index (κ2) is 9.12. The lowest BCUT2D eigenvalue weighted by Gasteiger charge is -2.33. The summed E-state index contributed by atoms with van der Waals surface area (Å²) >= 11 is 1.76. The highest BCUT2D eigenvalue weighted by Crippen LogP contribution is 2.41. The van der Waals surface area contributed by atoms with Gasteiger partial charge in [0.15, 0.2) is 0 Å². The summed E-state index contributed by atoms with van der Waals surface area (Å²) < 4.78 is 1.10. The van der Waals surface area contributed by atoms with Gasteiger partial charge >= 0.3 is 0 Å². The van der Waals surface area contributed by atoms with E-state index in [1.807, 2.05) is 42.0 Å². The largest absolute Gasteiger partial charge is 0.386 e. The van der Waals surface area contributed by atoms with Crippen molar-refractivity contribution >= 4 is 39.9 Å². The van der Waals surface area contributed by atoms with Gasteiger partial charge in [0.2, 0.25) is 0 Å². The van der Waals surface area contributed by atoms with Crippen LogP contribution in [0.5, 0.6) is 0 Å². The summed E-state index contributed by atoms with van der Waals surface area (Å²) in [5, 5.41) is 12.1. The van der Waals surface area contributed by atoms with Crippen molar-refractivity contribution in [3.8, 4) is 0 Å². The number of fused-ring (bicyclic) bond motifs is 2. The number of benzene rings is 2. The number of rotatable bonds is 3. The summed E-state index contributed by atoms with van der Waals surface area (Å²) in [7, 11) is 0. The summed E-state index contributed by atoms with van der Waals surface area (Å²) in [6.45, 7) is 6.20. The molecule has 168 valence electrons. The molecule has 2 heterocycles. The first kappa shape index (κ1) is 22.6. The smallest absolute Gasteiger partial charge is 0.258 e. The lowest BCUT2D eigenvalue weighted by molar-refractivity contribution is -0.0980. The molecule has 1 aromatic heterocycles. The Balaban J connectivity index is 0.00000119. The summed E-state index contributed by atoms with van der Waals surface area (Å²) in [4.78, 5) is 28.1. The van der Waals surface area contributed by atoms with Gasteiger partial charge in [-0.3, -0.25) is 4.79 Å². The van der Waals surface area contributed by atoms with Crippen LogP contribution in [0.25, 0.3) is 10.2 Å². The predicted molar refractivity (Wildman–Crippen MR) is 130 cm³/mol. The Morgan fingerprint density at radius 1 is 1.12 bits per heavy atom. The van der Waals surface area contributed by atoms with E-state index in [9.17, 15) is 9.90 Å². The molecule has 6 heteroatoms. The number of aliphatic hydroxyl groups is 1. The average Bonchev–Trinajstić information content (AvgIpc) is 3.23. The molecule has 0 radical (unpaired) electrons. The van der Waals surface area contributed by atoms with E-state index in [2.05, 4.69) is 6.07 Å². The first-order valence-corrected chi connectivity index (χ1v) is 12.1. The number of carbonyl (C=O) groups excluding carboxylic acids is 2. The third-order valence-electron chi connectivity index (χ3n) is 6.52. The van der Waals surface area contributed by atoms with Crippen LogP contribution >= 0.6 is 11.3 Å². The molecule has 0 atom stereocenters. The van der Waals surface area contributed by atoms with Gasteiger partial charge in [-0.25, -0.2) is 4.98 Å². The van der Waals surface area contributed by atoms with Crippen molar-refractivity contribution in [2.75, 3.05) is 11.4 Å². The maximum Gasteiger partial charge on any atom is 0.258 e. The molecule has 0 bridgehead atoms. The van der Waals surface area contributed by atoms with Gasteiger partial charge in [0.25, 0.3) is 5.91 Å². The second-order valence-corrected chi connectivity index (χ2v) is 10.2. The van der Waals surface area contributed by atoms with Crippen LogP contribution in [0.3, 0.4) is 0 Å². The van der Waals surface area contributed by atoms with Gasteiger partial charge in [0, 0.05) is 23.6 Å². The minimum Gasteiger partial charge on any atom is -0.386 e. The molecule has 1 fully saturated rings. The van der Waals surface area contributed by atoms with Crippen LogP contribution in [-0.4, -0.2) is 29.3 Å². The number of hydrogen-bond donors (Lipinski definition) is 1. The van der Waals surface area contributed by atoms with Crippen LogP contribution in [0.1, 0.15) is 78.4 Å². The number of nitrogens with zero attached hydrogens (tertiary/aromatic N) is 2. The molecule has 1 amide bonds. The Morgan fingerprint density at radius 3 is 2.56 bits per heavy atom. The lowest BCUT2D eigenvalue weighted by atomic mass is 9.90. The Morgan fingerprint density at radius 2 is 1.84 bits per heavy atom. The molecule has 1 saturated carbocycles. The Kier molecular flexibility index (Phi) is 6.45. The highest BCUT2D eigenvalue weighted by Gasteiger charge is 2.31. The van der Waals surface area contributed by atoms with Crippen molar-refractivity contribution in [3.05, 3.63) is 58.1 Å². The second-order valence-electron chi connectivity index (χ2n) is 9.15. The Bertz CT molecular complexity index is 1130. The van der Waals surface area contributed by atoms with Crippen LogP contribution < -0.4 is 4.90 Å². The van der Waals surface area contributed by atoms with Crippen molar-refractivity contribution in [1.29, 1.82) is 0 Å². The van der Waals surface area contributed by atoms with Crippen molar-refractivity contribution in [2.45, 2.75) is 63.9 Å². The SMILES string of the molecule is C=O.CC(C)(O)c1cc2nc(C3CCCCC3)sc2cc1N1CCc2ccccc2C1=O. The summed E-state index contributed by atoms with van der Waals surface area (Å²) in [5.74, 6) is 0.562. The molecule has 0 spiro atoms. The van der Waals surface area contributed by atoms with Gasteiger partial charge < -0.3 is 14.8 Å². The lowest BCUT2D eigenvalue weighted by Crippen LogP contribution is -2.39. The van der Waals surface area contributed by atoms with Crippen LogP contribution in [0.15, 0.2) is 36.4 Å². The van der Waals surface area contributed by atoms with Crippen molar-refractivity contribution in [2.24, 2.45) is 0 Å². The zero-order valence-electron chi connectivity index (χ0n) is 18.8. The normalized spacial score (nSPS) is 17.1. The standard InChI is InChI=1S/C25H28N2O2S.CH2O/c1-25(2,29)19-14-20-22(30-23(26-20)17-9-4-3-5-10-17)15-21(19)27-13-12-16-8-6-7-11-18(16)24(27)28;1-2/h6-8,11,14-15,17,29H,3-5,9-10,12-13H2,1-2H3;1H2. The minimum absolute atomic E-state index is 0.0127. The van der Waals surface area contributed by atoms with Crippen LogP contribution in [0.4, 0.5) is 5.69 Å². The zero-order valence-corrected chi connectivity index (χ0v) is 19.6. The highest BCUT2D eigenvalue weighted by molar-refractivity contribution is 7.18. The molecular formula is C26H30N2O3S. The first-order chi connectivity index (χ1) is 15.4. The van der Waals surface area contributed by atoms with Gasteiger partial charge in [-0.2, -0.15) is 0 Å². The molecule has 32 heavy (non-hydrogen) atoms. The molecule has 1 aliphatic heterocycles. The van der Waals surface area contributed by atoms with Gasteiger partial charge in [-0.15, -0.1) is 11.3 Å². The number of amides is 1. The third-order valence-corrected chi connectivity index (χ3v) is 7.71. The van der Waals surface area contributed by atoms with E-state index < -0.39 is 5.60 Å². The first-order valence-electron chi connectivity index (χ1n) is 11.3. The molecule has 0 unspecified atom stereocenters. The van der Waals surface area contributed by atoms with Crippen LogP contribution in [-0.2, 0) is 16.8 Å². The van der Waals surface area contributed by atoms with E-state index in [1.54, 1.807) is 25.2 Å². The van der Waals surface area contributed by atoms with E-state index in [0.717, 1.165) is 39.0 Å². The number of thiazole rings is 1. The van der Waals surface area contributed by atoms with E-state index in [0.29, 0.717) is 12.5 Å². The van der Waals surface area contributed by atoms with E-state index in [4.69, 9.17) is 9.78 Å². The minimum atomic E-state index is -1.06. The fraction of sp³-hybridized carbons (Fsp3) is 0.423. The fourth-order valence-electron chi connectivity index (χ4n) is 4.87. The molecular weight excluding hydrogens is 420 g/mol. The molecule has 3 aromatic rings. The average molecular weight is 451 g/mol. The molecule has 0 saturated heterocycles. The zero-order chi connectivity index (χ0) is 22.9. The Hall–Kier alpha value is -2.57. The van der Waals surface area contributed by atoms with E-state index >= 15 is 0 Å². The number of anilines is 1. The van der Waals surface area contributed by atoms with Gasteiger partial charge in [-0.1, -0.05) is 37.5 Å². The number of carbonyl (C=O) groups is 2. The topological polar surface area (TPSA) is 70.5 Å². The van der Waals surface area contributed by atoms with Gasteiger partial charge in [0.05, 0.1) is 26.5 Å². The van der Waals surface area contributed by atoms with Gasteiger partial charge in [0.1, 0.15) is 6.79 Å². The molecule has 5 nitrogen and oxygen atoms in total. The fourth-order valence-corrected chi connectivity index (χ4v) is 6.03. The van der Waals surface area contributed by atoms with Crippen molar-refractivity contribution < 1.29 is 14.7 Å². The summed E-state index contributed by atoms with van der Waals surface area (Å²) in [6.07, 6.45) is 7.14. The van der Waals surface area contributed by atoms with E-state index in [1.165, 1.54) is 37.1 Å². The molecule has 5 rings (SSSR count). The monoisotopic (exact) mass is 450 g/mol. The quantitative estimate of drug-likeness (QED) is 0.565. The highest BCUT2D eigenvalue weighted by atomic mass is 32.1. The van der Waals surface area contributed by atoms with Gasteiger partial charge in [-0.05, 0) is 56.9 Å². The molecule has 2 aliphatic rings. The predicted octanol–water partition coefficient (Wildman–Crippen LogP) is 5.59. The molecule has 1 N–H and O–H groups in total. The van der Waals surface area contributed by atoms with E-state index in [-0.39, 0.29) is 5.91 Å². The third kappa shape index (κ3) is 4.21. The van der Waals surface area contributed by atoms with Crippen molar-refractivity contribution in [3.63, 3.8) is 0 Å². The van der Waals surface area contributed by atoms with Crippen molar-refractivity contribution in [1.82, 2.24) is 4.98 Å². The maximum absolute atomic E-state index is 13.3. The number of hydrogen-bond acceptors (Lipinski definition) is 5. The number of aromatic nitrogens is 1. The summed E-state index contributed by atoms with van der Waals surface area (Å²) in [6, 6.07) is 11.9. The maximum atomic E-state index is 13.3. The van der Waals surface area contributed by atoms with Crippen LogP contribution in [0, 0.1) is 0 Å².